The number of hydrogen-bond donors (Lipinski definition) is 2. The van der Waals surface area contributed by atoms with Crippen LogP contribution in [0.15, 0.2) is 82.7 Å². The number of hydrogen-bond acceptors (Lipinski definition) is 3. The Morgan fingerprint density at radius 3 is 2.54 bits per heavy atom. The van der Waals surface area contributed by atoms with Crippen molar-refractivity contribution < 1.29 is 0 Å². The molecule has 5 heteroatoms. The summed E-state index contributed by atoms with van der Waals surface area (Å²) in [5.74, 6) is 0. The van der Waals surface area contributed by atoms with Crippen molar-refractivity contribution in [2.24, 2.45) is 0 Å². The first-order chi connectivity index (χ1) is 12.8. The van der Waals surface area contributed by atoms with Gasteiger partial charge in [0.1, 0.15) is 5.65 Å². The minimum Gasteiger partial charge on any atom is -0.341 e. The summed E-state index contributed by atoms with van der Waals surface area (Å²) in [5, 5.41) is 5.41. The van der Waals surface area contributed by atoms with Gasteiger partial charge in [-0.05, 0) is 42.0 Å². The molecule has 2 heterocycles. The van der Waals surface area contributed by atoms with Crippen LogP contribution in [0.25, 0.3) is 11.0 Å². The number of rotatable bonds is 6. The summed E-state index contributed by atoms with van der Waals surface area (Å²) in [6.45, 7) is 1.58. The van der Waals surface area contributed by atoms with Crippen LogP contribution in [0.3, 0.4) is 0 Å². The van der Waals surface area contributed by atoms with Crippen molar-refractivity contribution >= 4 is 34.4 Å². The molecule has 4 aromatic rings. The highest BCUT2D eigenvalue weighted by atomic mass is 35.5. The number of halogens is 1. The van der Waals surface area contributed by atoms with Crippen LogP contribution in [0.4, 0.5) is 0 Å². The molecule has 3 nitrogen and oxygen atoms in total. The van der Waals surface area contributed by atoms with Gasteiger partial charge in [-0.2, -0.15) is 0 Å². The van der Waals surface area contributed by atoms with Crippen LogP contribution < -0.4 is 5.32 Å². The van der Waals surface area contributed by atoms with Crippen molar-refractivity contribution in [1.82, 2.24) is 15.3 Å². The molecule has 0 atom stereocenters. The molecule has 2 aromatic carbocycles. The maximum Gasteiger partial charge on any atom is 0.138 e. The van der Waals surface area contributed by atoms with E-state index in [4.69, 9.17) is 11.6 Å². The van der Waals surface area contributed by atoms with Crippen LogP contribution in [0.5, 0.6) is 0 Å². The van der Waals surface area contributed by atoms with Crippen molar-refractivity contribution in [3.63, 3.8) is 0 Å². The van der Waals surface area contributed by atoms with E-state index in [0.29, 0.717) is 0 Å². The minimum absolute atomic E-state index is 0.750. The van der Waals surface area contributed by atoms with E-state index in [9.17, 15) is 0 Å². The lowest BCUT2D eigenvalue weighted by Gasteiger charge is -2.07. The topological polar surface area (TPSA) is 40.7 Å². The fraction of sp³-hybridized carbons (Fsp3) is 0.0952. The minimum atomic E-state index is 0.750. The van der Waals surface area contributed by atoms with E-state index in [-0.39, 0.29) is 0 Å². The Hall–Kier alpha value is -2.27. The number of pyridine rings is 1. The number of nitrogens with one attached hydrogen (secondary N) is 2. The Labute approximate surface area is 161 Å². The molecule has 0 saturated heterocycles. The zero-order valence-electron chi connectivity index (χ0n) is 14.1. The molecule has 0 fully saturated rings. The van der Waals surface area contributed by atoms with E-state index in [0.717, 1.165) is 39.7 Å². The van der Waals surface area contributed by atoms with Crippen LogP contribution in [0.1, 0.15) is 11.3 Å². The van der Waals surface area contributed by atoms with Gasteiger partial charge in [-0.15, -0.1) is 0 Å². The van der Waals surface area contributed by atoms with E-state index in [1.54, 1.807) is 11.8 Å². The Kier molecular flexibility index (Phi) is 5.25. The number of aromatic nitrogens is 2. The largest absolute Gasteiger partial charge is 0.341 e. The fourth-order valence-corrected chi connectivity index (χ4v) is 3.99. The molecule has 0 aliphatic heterocycles. The van der Waals surface area contributed by atoms with E-state index in [2.05, 4.69) is 45.6 Å². The Morgan fingerprint density at radius 2 is 1.73 bits per heavy atom. The second kappa shape index (κ2) is 7.96. The Balaban J connectivity index is 1.58. The van der Waals surface area contributed by atoms with Crippen LogP contribution in [0.2, 0.25) is 5.02 Å². The van der Waals surface area contributed by atoms with Crippen molar-refractivity contribution in [3.05, 3.63) is 89.2 Å². The van der Waals surface area contributed by atoms with Gasteiger partial charge in [0.2, 0.25) is 0 Å². The van der Waals surface area contributed by atoms with E-state index < -0.39 is 0 Å². The summed E-state index contributed by atoms with van der Waals surface area (Å²) in [6.07, 6.45) is 1.82. The van der Waals surface area contributed by atoms with Gasteiger partial charge in [0.15, 0.2) is 0 Å². The van der Waals surface area contributed by atoms with Crippen LogP contribution in [0, 0.1) is 0 Å². The van der Waals surface area contributed by atoms with Gasteiger partial charge >= 0.3 is 0 Å². The molecule has 0 spiro atoms. The molecule has 0 aliphatic rings. The Bertz CT molecular complexity index is 997. The van der Waals surface area contributed by atoms with Crippen LogP contribution in [-0.2, 0) is 13.1 Å². The normalized spacial score (nSPS) is 11.1. The number of aromatic amines is 1. The molecule has 0 unspecified atom stereocenters. The van der Waals surface area contributed by atoms with Crippen LogP contribution >= 0.6 is 23.4 Å². The maximum atomic E-state index is 6.01. The monoisotopic (exact) mass is 379 g/mol. The highest BCUT2D eigenvalue weighted by Crippen LogP contribution is 2.36. The molecule has 0 radical (unpaired) electrons. The highest BCUT2D eigenvalue weighted by Gasteiger charge is 2.13. The third-order valence-electron chi connectivity index (χ3n) is 4.10. The van der Waals surface area contributed by atoms with Gasteiger partial charge < -0.3 is 10.3 Å². The van der Waals surface area contributed by atoms with Gasteiger partial charge in [0.25, 0.3) is 0 Å². The predicted octanol–water partition coefficient (Wildman–Crippen LogP) is 5.66. The predicted molar refractivity (Wildman–Crippen MR) is 109 cm³/mol. The average molecular weight is 380 g/mol. The third kappa shape index (κ3) is 3.93. The second-order valence-corrected chi connectivity index (χ2v) is 7.50. The van der Waals surface area contributed by atoms with E-state index in [1.165, 1.54) is 10.5 Å². The molecule has 0 amide bonds. The molecule has 0 saturated carbocycles. The van der Waals surface area contributed by atoms with E-state index >= 15 is 0 Å². The lowest BCUT2D eigenvalue weighted by Crippen LogP contribution is -2.13. The van der Waals surface area contributed by atoms with Crippen LogP contribution in [-0.4, -0.2) is 9.97 Å². The van der Waals surface area contributed by atoms with Crippen molar-refractivity contribution in [2.75, 3.05) is 0 Å². The summed E-state index contributed by atoms with van der Waals surface area (Å²) in [4.78, 5) is 10.3. The standard InChI is InChI=1S/C21H18ClN3S/c22-16-8-10-17(11-9-16)26-20-18-7-4-12-24-21(18)25-19(20)14-23-13-15-5-2-1-3-6-15/h1-12,23H,13-14H2,(H,24,25). The summed E-state index contributed by atoms with van der Waals surface area (Å²) < 4.78 is 0. The van der Waals surface area contributed by atoms with Gasteiger partial charge in [0, 0.05) is 45.2 Å². The average Bonchev–Trinajstić information content (AvgIpc) is 3.02. The molecular weight excluding hydrogens is 362 g/mol. The fourth-order valence-electron chi connectivity index (χ4n) is 2.84. The zero-order chi connectivity index (χ0) is 17.8. The number of benzene rings is 2. The molecule has 2 N–H and O–H groups in total. The molecular formula is C21H18ClN3S. The lowest BCUT2D eigenvalue weighted by atomic mass is 10.2. The van der Waals surface area contributed by atoms with E-state index in [1.807, 2.05) is 42.6 Å². The number of nitrogens with zero attached hydrogens (tertiary/aromatic N) is 1. The number of fused-ring (bicyclic) bond motifs is 1. The van der Waals surface area contributed by atoms with Gasteiger partial charge in [0.05, 0.1) is 0 Å². The quantitative estimate of drug-likeness (QED) is 0.454. The lowest BCUT2D eigenvalue weighted by molar-refractivity contribution is 0.676. The SMILES string of the molecule is Clc1ccc(Sc2c(CNCc3ccccc3)[nH]c3ncccc23)cc1. The molecule has 0 aliphatic carbocycles. The molecule has 130 valence electrons. The second-order valence-electron chi connectivity index (χ2n) is 5.98. The first-order valence-corrected chi connectivity index (χ1v) is 9.63. The van der Waals surface area contributed by atoms with Crippen molar-refractivity contribution in [3.8, 4) is 0 Å². The third-order valence-corrected chi connectivity index (χ3v) is 5.53. The molecule has 0 bridgehead atoms. The summed E-state index contributed by atoms with van der Waals surface area (Å²) in [5.41, 5.74) is 3.34. The summed E-state index contributed by atoms with van der Waals surface area (Å²) >= 11 is 7.75. The Morgan fingerprint density at radius 1 is 0.923 bits per heavy atom. The van der Waals surface area contributed by atoms with Gasteiger partial charge in [-0.25, -0.2) is 4.98 Å². The zero-order valence-corrected chi connectivity index (χ0v) is 15.6. The summed E-state index contributed by atoms with van der Waals surface area (Å²) in [6, 6.07) is 22.4. The van der Waals surface area contributed by atoms with Crippen molar-refractivity contribution in [2.45, 2.75) is 22.9 Å². The number of H-pyrrole nitrogens is 1. The highest BCUT2D eigenvalue weighted by molar-refractivity contribution is 7.99. The van der Waals surface area contributed by atoms with Gasteiger partial charge in [-0.3, -0.25) is 0 Å². The summed E-state index contributed by atoms with van der Waals surface area (Å²) in [7, 11) is 0. The maximum absolute atomic E-state index is 6.01. The first-order valence-electron chi connectivity index (χ1n) is 8.43. The van der Waals surface area contributed by atoms with Crippen molar-refractivity contribution in [1.29, 1.82) is 0 Å². The first kappa shape index (κ1) is 17.2. The molecule has 26 heavy (non-hydrogen) atoms. The molecule has 2 aromatic heterocycles. The van der Waals surface area contributed by atoms with Gasteiger partial charge in [-0.1, -0.05) is 53.7 Å². The smallest absolute Gasteiger partial charge is 0.138 e. The molecule has 4 rings (SSSR count).